The Hall–Kier alpha value is -3.89. The molecule has 8 nitrogen and oxygen atoms in total. The molecule has 0 unspecified atom stereocenters. The minimum absolute atomic E-state index is 0.00293. The largest absolute Gasteiger partial charge is 0.459 e. The molecule has 3 heterocycles. The lowest BCUT2D eigenvalue weighted by Crippen LogP contribution is -2.13. The highest BCUT2D eigenvalue weighted by molar-refractivity contribution is 6.02. The summed E-state index contributed by atoms with van der Waals surface area (Å²) >= 11 is 0. The van der Waals surface area contributed by atoms with Crippen molar-refractivity contribution in [1.82, 2.24) is 19.8 Å². The number of carbonyl (C=O) groups is 1. The van der Waals surface area contributed by atoms with Gasteiger partial charge in [-0.15, -0.1) is 15.3 Å². The second-order valence-electron chi connectivity index (χ2n) is 6.37. The predicted molar refractivity (Wildman–Crippen MR) is 98.4 cm³/mol. The summed E-state index contributed by atoms with van der Waals surface area (Å²) in [6.45, 7) is 3.28. The van der Waals surface area contributed by atoms with E-state index in [2.05, 4.69) is 20.6 Å². The third-order valence-corrected chi connectivity index (χ3v) is 4.38. The van der Waals surface area contributed by atoms with Crippen molar-refractivity contribution in [2.75, 3.05) is 5.32 Å². The fourth-order valence-electron chi connectivity index (χ4n) is 2.69. The second-order valence-corrected chi connectivity index (χ2v) is 6.37. The molecule has 0 aliphatic heterocycles. The Balaban J connectivity index is 1.59. The molecule has 11 heteroatoms. The van der Waals surface area contributed by atoms with Crippen molar-refractivity contribution in [3.8, 4) is 11.6 Å². The molecule has 4 rings (SSSR count). The zero-order valence-electron chi connectivity index (χ0n) is 15.7. The predicted octanol–water partition coefficient (Wildman–Crippen LogP) is 4.40. The maximum absolute atomic E-state index is 13.1. The van der Waals surface area contributed by atoms with Crippen LogP contribution in [-0.2, 0) is 6.18 Å². The van der Waals surface area contributed by atoms with Crippen LogP contribution in [0.25, 0.3) is 5.65 Å². The first kappa shape index (κ1) is 19.4. The van der Waals surface area contributed by atoms with Crippen LogP contribution >= 0.6 is 0 Å². The third-order valence-electron chi connectivity index (χ3n) is 4.38. The minimum atomic E-state index is -4.71. The number of halogens is 3. The number of furan rings is 1. The maximum atomic E-state index is 13.1. The van der Waals surface area contributed by atoms with Gasteiger partial charge in [-0.3, -0.25) is 4.79 Å². The Morgan fingerprint density at radius 1 is 1.10 bits per heavy atom. The molecule has 0 saturated carbocycles. The standard InChI is InChI=1S/C19H14F3N5O3/c1-10-11(2)17(26-27-15(10)24-25-18(27)19(20,21)22)30-13-7-5-12(6-8-13)23-16(28)14-4-3-9-29-14/h3-9H,1-2H3,(H,23,28). The van der Waals surface area contributed by atoms with E-state index in [-0.39, 0.29) is 17.3 Å². The van der Waals surface area contributed by atoms with E-state index in [0.29, 0.717) is 27.1 Å². The number of benzene rings is 1. The third kappa shape index (κ3) is 3.56. The van der Waals surface area contributed by atoms with Gasteiger partial charge in [-0.2, -0.15) is 17.7 Å². The quantitative estimate of drug-likeness (QED) is 0.529. The molecule has 0 aliphatic carbocycles. The number of hydrogen-bond acceptors (Lipinski definition) is 6. The lowest BCUT2D eigenvalue weighted by Gasteiger charge is -2.12. The molecule has 0 aliphatic rings. The number of anilines is 1. The summed E-state index contributed by atoms with van der Waals surface area (Å²) in [4.78, 5) is 12.0. The summed E-state index contributed by atoms with van der Waals surface area (Å²) in [5.74, 6) is -1.19. The average molecular weight is 417 g/mol. The number of rotatable bonds is 4. The van der Waals surface area contributed by atoms with Crippen LogP contribution in [0, 0.1) is 13.8 Å². The molecule has 0 fully saturated rings. The van der Waals surface area contributed by atoms with Crippen molar-refractivity contribution in [3.05, 3.63) is 65.4 Å². The van der Waals surface area contributed by atoms with Gasteiger partial charge in [0.1, 0.15) is 5.75 Å². The number of nitrogens with one attached hydrogen (secondary N) is 1. The summed E-state index contributed by atoms with van der Waals surface area (Å²) in [5.41, 5.74) is 1.48. The fourth-order valence-corrected chi connectivity index (χ4v) is 2.69. The molecule has 0 radical (unpaired) electrons. The van der Waals surface area contributed by atoms with Crippen LogP contribution in [0.2, 0.25) is 0 Å². The SMILES string of the molecule is Cc1c(Oc2ccc(NC(=O)c3ccco3)cc2)nn2c(C(F)(F)F)nnc2c1C. The van der Waals surface area contributed by atoms with Crippen LogP contribution in [0.4, 0.5) is 18.9 Å². The highest BCUT2D eigenvalue weighted by atomic mass is 19.4. The highest BCUT2D eigenvalue weighted by Crippen LogP contribution is 2.32. The number of alkyl halides is 3. The zero-order valence-corrected chi connectivity index (χ0v) is 15.7. The molecule has 0 saturated heterocycles. The number of amides is 1. The van der Waals surface area contributed by atoms with E-state index in [1.165, 1.54) is 12.3 Å². The molecule has 3 aromatic heterocycles. The fraction of sp³-hybridized carbons (Fsp3) is 0.158. The van der Waals surface area contributed by atoms with Crippen LogP contribution in [0.15, 0.2) is 47.1 Å². The number of carbonyl (C=O) groups excluding carboxylic acids is 1. The van der Waals surface area contributed by atoms with Crippen molar-refractivity contribution >= 4 is 17.2 Å². The van der Waals surface area contributed by atoms with Crippen LogP contribution in [0.1, 0.15) is 27.5 Å². The number of hydrogen-bond donors (Lipinski definition) is 1. The molecule has 154 valence electrons. The van der Waals surface area contributed by atoms with E-state index in [0.717, 1.165) is 0 Å². The van der Waals surface area contributed by atoms with Gasteiger partial charge < -0.3 is 14.5 Å². The van der Waals surface area contributed by atoms with Crippen LogP contribution in [0.3, 0.4) is 0 Å². The minimum Gasteiger partial charge on any atom is -0.459 e. The molecule has 0 bridgehead atoms. The number of fused-ring (bicyclic) bond motifs is 1. The molecule has 1 amide bonds. The number of aromatic nitrogens is 4. The van der Waals surface area contributed by atoms with Crippen LogP contribution < -0.4 is 10.1 Å². The highest BCUT2D eigenvalue weighted by Gasteiger charge is 2.38. The Morgan fingerprint density at radius 2 is 1.83 bits per heavy atom. The van der Waals surface area contributed by atoms with Gasteiger partial charge in [0.15, 0.2) is 11.4 Å². The lowest BCUT2D eigenvalue weighted by molar-refractivity contribution is -0.146. The van der Waals surface area contributed by atoms with Gasteiger partial charge in [0.25, 0.3) is 11.7 Å². The second kappa shape index (κ2) is 7.17. The van der Waals surface area contributed by atoms with E-state index in [9.17, 15) is 18.0 Å². The van der Waals surface area contributed by atoms with Gasteiger partial charge >= 0.3 is 6.18 Å². The molecule has 30 heavy (non-hydrogen) atoms. The first-order valence-electron chi connectivity index (χ1n) is 8.66. The van der Waals surface area contributed by atoms with Gasteiger partial charge in [-0.25, -0.2) is 0 Å². The molecular formula is C19H14F3N5O3. The van der Waals surface area contributed by atoms with Crippen molar-refractivity contribution in [2.24, 2.45) is 0 Å². The van der Waals surface area contributed by atoms with Crippen LogP contribution in [0.5, 0.6) is 11.6 Å². The van der Waals surface area contributed by atoms with E-state index in [1.54, 1.807) is 44.2 Å². The molecule has 0 atom stereocenters. The van der Waals surface area contributed by atoms with E-state index < -0.39 is 17.9 Å². The Morgan fingerprint density at radius 3 is 2.47 bits per heavy atom. The maximum Gasteiger partial charge on any atom is 0.453 e. The monoisotopic (exact) mass is 417 g/mol. The Bertz CT molecular complexity index is 1220. The van der Waals surface area contributed by atoms with E-state index in [4.69, 9.17) is 9.15 Å². The van der Waals surface area contributed by atoms with Gasteiger partial charge in [0.05, 0.1) is 6.26 Å². The lowest BCUT2D eigenvalue weighted by atomic mass is 10.2. The number of aryl methyl sites for hydroxylation is 1. The summed E-state index contributed by atoms with van der Waals surface area (Å²) in [5, 5.41) is 13.4. The summed E-state index contributed by atoms with van der Waals surface area (Å²) < 4.78 is 50.8. The van der Waals surface area contributed by atoms with E-state index >= 15 is 0 Å². The first-order valence-corrected chi connectivity index (χ1v) is 8.66. The van der Waals surface area contributed by atoms with Crippen molar-refractivity contribution < 1.29 is 27.1 Å². The van der Waals surface area contributed by atoms with Gasteiger partial charge in [0.2, 0.25) is 5.88 Å². The average Bonchev–Trinajstić information content (AvgIpc) is 3.37. The van der Waals surface area contributed by atoms with Gasteiger partial charge in [-0.1, -0.05) is 0 Å². The topological polar surface area (TPSA) is 94.5 Å². The molecule has 1 N–H and O–H groups in total. The number of ether oxygens (including phenoxy) is 1. The van der Waals surface area contributed by atoms with Crippen molar-refractivity contribution in [3.63, 3.8) is 0 Å². The summed E-state index contributed by atoms with van der Waals surface area (Å²) in [6.07, 6.45) is -3.32. The van der Waals surface area contributed by atoms with Gasteiger partial charge in [0, 0.05) is 16.8 Å². The van der Waals surface area contributed by atoms with Crippen LogP contribution in [-0.4, -0.2) is 25.7 Å². The molecular weight excluding hydrogens is 403 g/mol. The zero-order chi connectivity index (χ0) is 21.5. The summed E-state index contributed by atoms with van der Waals surface area (Å²) in [7, 11) is 0. The Labute approximate surface area is 167 Å². The van der Waals surface area contributed by atoms with Gasteiger partial charge in [-0.05, 0) is 50.2 Å². The first-order chi connectivity index (χ1) is 14.2. The smallest absolute Gasteiger partial charge is 0.453 e. The molecule has 1 aromatic carbocycles. The molecule has 0 spiro atoms. The van der Waals surface area contributed by atoms with Crippen molar-refractivity contribution in [1.29, 1.82) is 0 Å². The summed E-state index contributed by atoms with van der Waals surface area (Å²) in [6, 6.07) is 9.39. The van der Waals surface area contributed by atoms with E-state index in [1.807, 2.05) is 0 Å². The molecule has 4 aromatic rings. The van der Waals surface area contributed by atoms with Crippen molar-refractivity contribution in [2.45, 2.75) is 20.0 Å². The number of nitrogens with zero attached hydrogens (tertiary/aromatic N) is 4. The normalized spacial score (nSPS) is 11.6. The Kier molecular flexibility index (Phi) is 4.65.